The molecule has 0 aromatic heterocycles. The van der Waals surface area contributed by atoms with E-state index in [4.69, 9.17) is 18.9 Å². The molecule has 0 heterocycles. The Labute approximate surface area is 205 Å². The van der Waals surface area contributed by atoms with Gasteiger partial charge in [-0.25, -0.2) is 0 Å². The fourth-order valence-corrected chi connectivity index (χ4v) is 3.25. The third-order valence-electron chi connectivity index (χ3n) is 4.91. The van der Waals surface area contributed by atoms with E-state index >= 15 is 0 Å². The van der Waals surface area contributed by atoms with Gasteiger partial charge >= 0.3 is 0 Å². The fourth-order valence-electron chi connectivity index (χ4n) is 3.25. The van der Waals surface area contributed by atoms with Crippen molar-refractivity contribution in [1.82, 2.24) is 5.32 Å². The summed E-state index contributed by atoms with van der Waals surface area (Å²) in [6.07, 6.45) is 0.101. The molecule has 0 atom stereocenters. The number of para-hydroxylation sites is 2. The van der Waals surface area contributed by atoms with Gasteiger partial charge in [0.25, 0.3) is 11.8 Å². The maximum Gasteiger partial charge on any atom is 0.262 e. The molecule has 8 heteroatoms. The van der Waals surface area contributed by atoms with Crippen LogP contribution in [0.1, 0.15) is 29.8 Å². The van der Waals surface area contributed by atoms with Crippen LogP contribution in [0.15, 0.2) is 66.7 Å². The van der Waals surface area contributed by atoms with Crippen molar-refractivity contribution in [3.8, 4) is 23.0 Å². The summed E-state index contributed by atoms with van der Waals surface area (Å²) >= 11 is 0. The monoisotopic (exact) mass is 478 g/mol. The molecule has 0 spiro atoms. The Morgan fingerprint density at radius 3 is 2.26 bits per heavy atom. The molecule has 0 saturated carbocycles. The lowest BCUT2D eigenvalue weighted by Gasteiger charge is -2.13. The van der Waals surface area contributed by atoms with E-state index in [9.17, 15) is 9.59 Å². The number of nitrogens with one attached hydrogen (secondary N) is 2. The number of carbonyl (C=O) groups is 2. The number of amides is 2. The van der Waals surface area contributed by atoms with Crippen molar-refractivity contribution in [3.05, 3.63) is 77.9 Å². The Hall–Kier alpha value is -4.20. The van der Waals surface area contributed by atoms with E-state index < -0.39 is 0 Å². The third kappa shape index (κ3) is 7.40. The number of carbonyl (C=O) groups excluding carboxylic acids is 2. The number of hydrogen-bond acceptors (Lipinski definition) is 6. The number of anilines is 1. The second-order valence-electron chi connectivity index (χ2n) is 7.90. The van der Waals surface area contributed by atoms with Crippen molar-refractivity contribution in [2.45, 2.75) is 26.5 Å². The quantitative estimate of drug-likeness (QED) is 0.423. The number of ether oxygens (including phenoxy) is 4. The average Bonchev–Trinajstić information content (AvgIpc) is 2.86. The summed E-state index contributed by atoms with van der Waals surface area (Å²) in [6.45, 7) is 4.06. The average molecular weight is 479 g/mol. The molecule has 35 heavy (non-hydrogen) atoms. The molecule has 8 nitrogen and oxygen atoms in total. The van der Waals surface area contributed by atoms with Gasteiger partial charge in [-0.2, -0.15) is 0 Å². The van der Waals surface area contributed by atoms with Gasteiger partial charge < -0.3 is 29.6 Å². The lowest BCUT2D eigenvalue weighted by atomic mass is 10.1. The summed E-state index contributed by atoms with van der Waals surface area (Å²) in [6, 6.07) is 19.4. The third-order valence-corrected chi connectivity index (χ3v) is 4.91. The van der Waals surface area contributed by atoms with Crippen LogP contribution in [0.3, 0.4) is 0 Å². The van der Waals surface area contributed by atoms with E-state index in [1.807, 2.05) is 44.2 Å². The Balaban J connectivity index is 1.56. The largest absolute Gasteiger partial charge is 0.495 e. The Kier molecular flexibility index (Phi) is 8.95. The highest BCUT2D eigenvalue weighted by atomic mass is 16.5. The maximum atomic E-state index is 12.6. The smallest absolute Gasteiger partial charge is 0.262 e. The summed E-state index contributed by atoms with van der Waals surface area (Å²) in [4.78, 5) is 24.9. The molecular formula is C27H30N2O6. The Morgan fingerprint density at radius 1 is 0.857 bits per heavy atom. The van der Waals surface area contributed by atoms with Gasteiger partial charge in [0.05, 0.1) is 26.0 Å². The van der Waals surface area contributed by atoms with E-state index in [0.29, 0.717) is 35.0 Å². The van der Waals surface area contributed by atoms with Crippen LogP contribution in [0, 0.1) is 0 Å². The van der Waals surface area contributed by atoms with Crippen molar-refractivity contribution in [2.24, 2.45) is 0 Å². The van der Waals surface area contributed by atoms with Gasteiger partial charge in [-0.3, -0.25) is 9.59 Å². The van der Waals surface area contributed by atoms with Crippen LogP contribution in [0.25, 0.3) is 0 Å². The standard InChI is InChI=1S/C27H30N2O6/c1-18(2)35-21-12-9-19(10-13-21)16-28-27(31)20-11-14-24(25(15-20)33-4)34-17-26(30)29-22-7-5-6-8-23(22)32-3/h5-15,18H,16-17H2,1-4H3,(H,28,31)(H,29,30). The van der Waals surface area contributed by atoms with E-state index in [-0.39, 0.29) is 24.5 Å². The van der Waals surface area contributed by atoms with Crippen molar-refractivity contribution in [1.29, 1.82) is 0 Å². The van der Waals surface area contributed by atoms with Crippen molar-refractivity contribution >= 4 is 17.5 Å². The zero-order chi connectivity index (χ0) is 25.2. The summed E-state index contributed by atoms with van der Waals surface area (Å²) in [5.74, 6) is 1.41. The number of rotatable bonds is 11. The molecular weight excluding hydrogens is 448 g/mol. The summed E-state index contributed by atoms with van der Waals surface area (Å²) in [5, 5.41) is 5.62. The first-order valence-electron chi connectivity index (χ1n) is 11.2. The molecule has 0 bridgehead atoms. The zero-order valence-corrected chi connectivity index (χ0v) is 20.3. The second kappa shape index (κ2) is 12.3. The van der Waals surface area contributed by atoms with E-state index in [1.54, 1.807) is 36.4 Å². The fraction of sp³-hybridized carbons (Fsp3) is 0.259. The van der Waals surface area contributed by atoms with E-state index in [2.05, 4.69) is 10.6 Å². The lowest BCUT2D eigenvalue weighted by Crippen LogP contribution is -2.23. The molecule has 3 aromatic rings. The minimum atomic E-state index is -0.358. The minimum absolute atomic E-state index is 0.101. The first-order valence-corrected chi connectivity index (χ1v) is 11.2. The second-order valence-corrected chi connectivity index (χ2v) is 7.90. The van der Waals surface area contributed by atoms with Gasteiger partial charge in [0, 0.05) is 12.1 Å². The van der Waals surface area contributed by atoms with Gasteiger partial charge in [0.1, 0.15) is 11.5 Å². The van der Waals surface area contributed by atoms with Crippen LogP contribution in [0.5, 0.6) is 23.0 Å². The zero-order valence-electron chi connectivity index (χ0n) is 20.3. The number of methoxy groups -OCH3 is 2. The molecule has 2 amide bonds. The molecule has 0 unspecified atom stereocenters. The molecule has 0 aliphatic rings. The minimum Gasteiger partial charge on any atom is -0.495 e. The molecule has 0 aliphatic carbocycles. The van der Waals surface area contributed by atoms with Gasteiger partial charge in [0.2, 0.25) is 0 Å². The van der Waals surface area contributed by atoms with E-state index in [1.165, 1.54) is 14.2 Å². The van der Waals surface area contributed by atoms with Crippen molar-refractivity contribution < 1.29 is 28.5 Å². The van der Waals surface area contributed by atoms with Gasteiger partial charge in [-0.1, -0.05) is 24.3 Å². The highest BCUT2D eigenvalue weighted by molar-refractivity contribution is 5.95. The molecule has 2 N–H and O–H groups in total. The maximum absolute atomic E-state index is 12.6. The van der Waals surface area contributed by atoms with Crippen LogP contribution in [-0.4, -0.2) is 38.7 Å². The highest BCUT2D eigenvalue weighted by Gasteiger charge is 2.14. The molecule has 0 aliphatic heterocycles. The van der Waals surface area contributed by atoms with Gasteiger partial charge in [-0.15, -0.1) is 0 Å². The SMILES string of the molecule is COc1ccccc1NC(=O)COc1ccc(C(=O)NCc2ccc(OC(C)C)cc2)cc1OC. The predicted molar refractivity (Wildman–Crippen MR) is 133 cm³/mol. The molecule has 3 aromatic carbocycles. The summed E-state index contributed by atoms with van der Waals surface area (Å²) < 4.78 is 21.8. The first kappa shape index (κ1) is 25.4. The number of hydrogen-bond donors (Lipinski definition) is 2. The van der Waals surface area contributed by atoms with Crippen molar-refractivity contribution in [3.63, 3.8) is 0 Å². The Morgan fingerprint density at radius 2 is 1.57 bits per heavy atom. The topological polar surface area (TPSA) is 95.1 Å². The first-order chi connectivity index (χ1) is 16.9. The molecule has 3 rings (SSSR count). The lowest BCUT2D eigenvalue weighted by molar-refractivity contribution is -0.118. The van der Waals surface area contributed by atoms with Gasteiger partial charge in [-0.05, 0) is 61.9 Å². The van der Waals surface area contributed by atoms with Crippen LogP contribution in [0.2, 0.25) is 0 Å². The highest BCUT2D eigenvalue weighted by Crippen LogP contribution is 2.28. The summed E-state index contributed by atoms with van der Waals surface area (Å²) in [5.41, 5.74) is 1.90. The van der Waals surface area contributed by atoms with E-state index in [0.717, 1.165) is 11.3 Å². The van der Waals surface area contributed by atoms with Crippen LogP contribution in [-0.2, 0) is 11.3 Å². The molecule has 0 radical (unpaired) electrons. The van der Waals surface area contributed by atoms with Gasteiger partial charge in [0.15, 0.2) is 18.1 Å². The normalized spacial score (nSPS) is 10.4. The molecule has 0 fully saturated rings. The van der Waals surface area contributed by atoms with Crippen LogP contribution >= 0.6 is 0 Å². The Bertz CT molecular complexity index is 1140. The van der Waals surface area contributed by atoms with Crippen LogP contribution < -0.4 is 29.6 Å². The molecule has 184 valence electrons. The van der Waals surface area contributed by atoms with Crippen LogP contribution in [0.4, 0.5) is 5.69 Å². The number of benzene rings is 3. The molecule has 0 saturated heterocycles. The van der Waals surface area contributed by atoms with Crippen molar-refractivity contribution in [2.75, 3.05) is 26.1 Å². The summed E-state index contributed by atoms with van der Waals surface area (Å²) in [7, 11) is 3.00. The predicted octanol–water partition coefficient (Wildman–Crippen LogP) is 4.44.